The van der Waals surface area contributed by atoms with Gasteiger partial charge < -0.3 is 5.32 Å². The summed E-state index contributed by atoms with van der Waals surface area (Å²) in [6.07, 6.45) is 0. The van der Waals surface area contributed by atoms with Crippen molar-refractivity contribution in [2.24, 2.45) is 7.05 Å². The SMILES string of the molecule is CC(=O)NCc1ccc(-c2cc(-c3ccc(Cl)cc3)n(C)n2)cc1. The van der Waals surface area contributed by atoms with Crippen LogP contribution in [0.25, 0.3) is 22.5 Å². The van der Waals surface area contributed by atoms with Gasteiger partial charge in [0.15, 0.2) is 0 Å². The summed E-state index contributed by atoms with van der Waals surface area (Å²) in [6, 6.07) is 17.8. The van der Waals surface area contributed by atoms with E-state index in [1.54, 1.807) is 0 Å². The number of carbonyl (C=O) groups excluding carboxylic acids is 1. The number of rotatable bonds is 4. The molecule has 5 heteroatoms. The van der Waals surface area contributed by atoms with Crippen LogP contribution in [0.2, 0.25) is 5.02 Å². The van der Waals surface area contributed by atoms with Crippen molar-refractivity contribution in [3.63, 3.8) is 0 Å². The molecule has 0 saturated heterocycles. The lowest BCUT2D eigenvalue weighted by molar-refractivity contribution is -0.119. The summed E-state index contributed by atoms with van der Waals surface area (Å²) in [5, 5.41) is 8.11. The van der Waals surface area contributed by atoms with E-state index in [9.17, 15) is 4.79 Å². The molecule has 0 bridgehead atoms. The van der Waals surface area contributed by atoms with Gasteiger partial charge in [0, 0.05) is 31.1 Å². The zero-order valence-electron chi connectivity index (χ0n) is 13.6. The van der Waals surface area contributed by atoms with Crippen LogP contribution in [0, 0.1) is 0 Å². The number of carbonyl (C=O) groups is 1. The van der Waals surface area contributed by atoms with Gasteiger partial charge in [-0.2, -0.15) is 5.10 Å². The fraction of sp³-hybridized carbons (Fsp3) is 0.158. The third-order valence-corrected chi connectivity index (χ3v) is 4.06. The average molecular weight is 340 g/mol. The summed E-state index contributed by atoms with van der Waals surface area (Å²) in [6.45, 7) is 2.05. The normalized spacial score (nSPS) is 10.6. The molecule has 24 heavy (non-hydrogen) atoms. The molecule has 0 unspecified atom stereocenters. The van der Waals surface area contributed by atoms with E-state index in [1.807, 2.05) is 60.3 Å². The summed E-state index contributed by atoms with van der Waals surface area (Å²) in [7, 11) is 1.93. The van der Waals surface area contributed by atoms with E-state index < -0.39 is 0 Å². The van der Waals surface area contributed by atoms with Gasteiger partial charge in [-0.1, -0.05) is 48.0 Å². The number of amides is 1. The van der Waals surface area contributed by atoms with Crippen LogP contribution in [0.15, 0.2) is 54.6 Å². The van der Waals surface area contributed by atoms with Crippen LogP contribution in [-0.2, 0) is 18.4 Å². The molecule has 3 rings (SSSR count). The van der Waals surface area contributed by atoms with Gasteiger partial charge in [-0.25, -0.2) is 0 Å². The van der Waals surface area contributed by atoms with Crippen LogP contribution in [0.1, 0.15) is 12.5 Å². The lowest BCUT2D eigenvalue weighted by atomic mass is 10.1. The summed E-state index contributed by atoms with van der Waals surface area (Å²) < 4.78 is 1.86. The van der Waals surface area contributed by atoms with Crippen molar-refractivity contribution < 1.29 is 4.79 Å². The Hall–Kier alpha value is -2.59. The molecule has 2 aromatic carbocycles. The molecular formula is C19H18ClN3O. The van der Waals surface area contributed by atoms with Gasteiger partial charge in [-0.15, -0.1) is 0 Å². The second-order valence-electron chi connectivity index (χ2n) is 5.65. The van der Waals surface area contributed by atoms with E-state index in [1.165, 1.54) is 6.92 Å². The van der Waals surface area contributed by atoms with Gasteiger partial charge in [0.1, 0.15) is 0 Å². The first-order chi connectivity index (χ1) is 11.5. The third-order valence-electron chi connectivity index (χ3n) is 3.81. The van der Waals surface area contributed by atoms with Crippen LogP contribution in [0.4, 0.5) is 0 Å². The largest absolute Gasteiger partial charge is 0.352 e. The molecule has 1 aromatic heterocycles. The van der Waals surface area contributed by atoms with E-state index in [-0.39, 0.29) is 5.91 Å². The van der Waals surface area contributed by atoms with E-state index in [0.29, 0.717) is 6.54 Å². The first kappa shape index (κ1) is 16.3. The Labute approximate surface area is 146 Å². The Kier molecular flexibility index (Phi) is 4.67. The van der Waals surface area contributed by atoms with Crippen molar-refractivity contribution in [3.05, 3.63) is 65.2 Å². The number of hydrogen-bond acceptors (Lipinski definition) is 2. The number of aromatic nitrogens is 2. The molecule has 0 aliphatic carbocycles. The second kappa shape index (κ2) is 6.89. The van der Waals surface area contributed by atoms with Gasteiger partial charge >= 0.3 is 0 Å². The summed E-state index contributed by atoms with van der Waals surface area (Å²) in [5.41, 5.74) is 5.11. The Morgan fingerprint density at radius 1 is 1.08 bits per heavy atom. The minimum absolute atomic E-state index is 0.0311. The van der Waals surface area contributed by atoms with Gasteiger partial charge in [0.25, 0.3) is 0 Å². The minimum atomic E-state index is -0.0311. The number of nitrogens with zero attached hydrogens (tertiary/aromatic N) is 2. The van der Waals surface area contributed by atoms with E-state index in [0.717, 1.165) is 33.1 Å². The molecular weight excluding hydrogens is 322 g/mol. The van der Waals surface area contributed by atoms with Crippen LogP contribution in [0.3, 0.4) is 0 Å². The first-order valence-electron chi connectivity index (χ1n) is 7.66. The summed E-state index contributed by atoms with van der Waals surface area (Å²) >= 11 is 5.95. The molecule has 1 N–H and O–H groups in total. The van der Waals surface area contributed by atoms with Gasteiger partial charge in [0.2, 0.25) is 5.91 Å². The topological polar surface area (TPSA) is 46.9 Å². The van der Waals surface area contributed by atoms with E-state index >= 15 is 0 Å². The van der Waals surface area contributed by atoms with Gasteiger partial charge in [-0.3, -0.25) is 9.48 Å². The smallest absolute Gasteiger partial charge is 0.217 e. The maximum absolute atomic E-state index is 11.0. The van der Waals surface area contributed by atoms with E-state index in [4.69, 9.17) is 11.6 Å². The lowest BCUT2D eigenvalue weighted by Gasteiger charge is -2.03. The Morgan fingerprint density at radius 2 is 1.71 bits per heavy atom. The molecule has 3 aromatic rings. The standard InChI is InChI=1S/C19H18ClN3O/c1-13(24)21-12-14-3-5-15(6-4-14)18-11-19(23(2)22-18)16-7-9-17(20)10-8-16/h3-11H,12H2,1-2H3,(H,21,24). The number of hydrogen-bond donors (Lipinski definition) is 1. The number of nitrogens with one attached hydrogen (secondary N) is 1. The maximum atomic E-state index is 11.0. The molecule has 4 nitrogen and oxygen atoms in total. The zero-order valence-corrected chi connectivity index (χ0v) is 14.3. The molecule has 1 heterocycles. The Morgan fingerprint density at radius 3 is 2.33 bits per heavy atom. The quantitative estimate of drug-likeness (QED) is 0.779. The number of aryl methyl sites for hydroxylation is 1. The van der Waals surface area contributed by atoms with Crippen molar-refractivity contribution in [2.75, 3.05) is 0 Å². The number of halogens is 1. The van der Waals surface area contributed by atoms with Gasteiger partial charge in [-0.05, 0) is 29.3 Å². The average Bonchev–Trinajstić information content (AvgIpc) is 2.96. The van der Waals surface area contributed by atoms with Crippen molar-refractivity contribution >= 4 is 17.5 Å². The predicted molar refractivity (Wildman–Crippen MR) is 96.6 cm³/mol. The minimum Gasteiger partial charge on any atom is -0.352 e. The molecule has 122 valence electrons. The van der Waals surface area contributed by atoms with Crippen LogP contribution >= 0.6 is 11.6 Å². The summed E-state index contributed by atoms with van der Waals surface area (Å²) in [4.78, 5) is 11.0. The fourth-order valence-electron chi connectivity index (χ4n) is 2.52. The highest BCUT2D eigenvalue weighted by molar-refractivity contribution is 6.30. The molecule has 0 radical (unpaired) electrons. The molecule has 0 atom stereocenters. The lowest BCUT2D eigenvalue weighted by Crippen LogP contribution is -2.18. The molecule has 0 aliphatic heterocycles. The zero-order chi connectivity index (χ0) is 17.1. The highest BCUT2D eigenvalue weighted by atomic mass is 35.5. The highest BCUT2D eigenvalue weighted by Crippen LogP contribution is 2.26. The molecule has 0 spiro atoms. The molecule has 0 aliphatic rings. The summed E-state index contributed by atoms with van der Waals surface area (Å²) in [5.74, 6) is -0.0311. The molecule has 0 fully saturated rings. The highest BCUT2D eigenvalue weighted by Gasteiger charge is 2.09. The Balaban J connectivity index is 1.84. The van der Waals surface area contributed by atoms with Crippen molar-refractivity contribution in [1.29, 1.82) is 0 Å². The van der Waals surface area contributed by atoms with Crippen molar-refractivity contribution in [3.8, 4) is 22.5 Å². The van der Waals surface area contributed by atoms with Crippen LogP contribution in [-0.4, -0.2) is 15.7 Å². The Bertz CT molecular complexity index is 851. The van der Waals surface area contributed by atoms with E-state index in [2.05, 4.69) is 16.5 Å². The molecule has 1 amide bonds. The number of benzene rings is 2. The van der Waals surface area contributed by atoms with Crippen molar-refractivity contribution in [1.82, 2.24) is 15.1 Å². The monoisotopic (exact) mass is 339 g/mol. The maximum Gasteiger partial charge on any atom is 0.217 e. The second-order valence-corrected chi connectivity index (χ2v) is 6.09. The first-order valence-corrected chi connectivity index (χ1v) is 8.04. The van der Waals surface area contributed by atoms with Crippen LogP contribution in [0.5, 0.6) is 0 Å². The fourth-order valence-corrected chi connectivity index (χ4v) is 2.65. The third kappa shape index (κ3) is 3.66. The van der Waals surface area contributed by atoms with Gasteiger partial charge in [0.05, 0.1) is 11.4 Å². The molecule has 0 saturated carbocycles. The predicted octanol–water partition coefficient (Wildman–Crippen LogP) is 4.04. The van der Waals surface area contributed by atoms with Crippen LogP contribution < -0.4 is 5.32 Å². The van der Waals surface area contributed by atoms with Crippen molar-refractivity contribution in [2.45, 2.75) is 13.5 Å².